The van der Waals surface area contributed by atoms with Gasteiger partial charge in [-0.2, -0.15) is 0 Å². The maximum atomic E-state index is 14.6. The van der Waals surface area contributed by atoms with Crippen molar-refractivity contribution in [2.24, 2.45) is 10.1 Å². The van der Waals surface area contributed by atoms with Crippen LogP contribution in [0.4, 0.5) is 5.69 Å². The van der Waals surface area contributed by atoms with Crippen molar-refractivity contribution in [1.82, 2.24) is 5.32 Å². The number of rotatable bonds is 16. The molecule has 1 amide bonds. The molecule has 1 aliphatic rings. The number of hydrogen-bond donors (Lipinski definition) is 2. The van der Waals surface area contributed by atoms with Crippen LogP contribution in [0, 0.1) is 0 Å². The molecule has 2 atom stereocenters. The van der Waals surface area contributed by atoms with Crippen LogP contribution in [0.2, 0.25) is 0 Å². The van der Waals surface area contributed by atoms with Crippen molar-refractivity contribution in [3.63, 3.8) is 0 Å². The van der Waals surface area contributed by atoms with Gasteiger partial charge in [-0.3, -0.25) is 4.79 Å². The molecule has 0 spiro atoms. The number of nitrogens with one attached hydrogen (secondary N) is 1. The maximum absolute atomic E-state index is 14.6. The maximum Gasteiger partial charge on any atom is 0.252 e. The van der Waals surface area contributed by atoms with Gasteiger partial charge in [0, 0.05) is 47.7 Å². The molecule has 0 fully saturated rings. The highest BCUT2D eigenvalue weighted by Gasteiger charge is 2.53. The number of benzene rings is 4. The predicted molar refractivity (Wildman–Crippen MR) is 188 cm³/mol. The molecule has 1 heterocycles. The fourth-order valence-electron chi connectivity index (χ4n) is 5.62. The van der Waals surface area contributed by atoms with Gasteiger partial charge in [0.15, 0.2) is 11.6 Å². The van der Waals surface area contributed by atoms with E-state index in [1.165, 1.54) is 0 Å². The van der Waals surface area contributed by atoms with Gasteiger partial charge in [-0.1, -0.05) is 71.9 Å². The van der Waals surface area contributed by atoms with Crippen LogP contribution < -0.4 is 19.5 Å². The highest BCUT2D eigenvalue weighted by Crippen LogP contribution is 2.45. The van der Waals surface area contributed by atoms with Gasteiger partial charge in [-0.05, 0) is 65.5 Å². The highest BCUT2D eigenvalue weighted by molar-refractivity contribution is 6.01. The second kappa shape index (κ2) is 16.9. The Morgan fingerprint density at radius 2 is 1.78 bits per heavy atom. The SMILES string of the molecule is COc1ccc(OC)c(CCNC(=O)[C@]2(C/C=C/c3ccccc3)N=C(c3ccc(OCCCO)cc3)O[C@@H]2c2ccccc2N=[N+]=[N-])c1. The molecule has 5 rings (SSSR count). The Labute approximate surface area is 285 Å². The first kappa shape index (κ1) is 34.6. The molecule has 2 N–H and O–H groups in total. The molecule has 0 bridgehead atoms. The number of aliphatic hydroxyl groups excluding tert-OH is 1. The summed E-state index contributed by atoms with van der Waals surface area (Å²) in [6.45, 7) is 0.698. The minimum atomic E-state index is -1.48. The zero-order valence-corrected chi connectivity index (χ0v) is 27.5. The molecule has 0 aliphatic carbocycles. The topological polar surface area (TPSA) is 147 Å². The van der Waals surface area contributed by atoms with Crippen molar-refractivity contribution in [2.75, 3.05) is 34.0 Å². The van der Waals surface area contributed by atoms with Crippen LogP contribution in [0.15, 0.2) is 113 Å². The van der Waals surface area contributed by atoms with Crippen molar-refractivity contribution >= 4 is 23.6 Å². The fraction of sp³-hybridized carbons (Fsp3) is 0.263. The zero-order chi connectivity index (χ0) is 34.5. The number of methoxy groups -OCH3 is 2. The molecule has 11 heteroatoms. The smallest absolute Gasteiger partial charge is 0.252 e. The van der Waals surface area contributed by atoms with E-state index in [-0.39, 0.29) is 31.4 Å². The van der Waals surface area contributed by atoms with Crippen LogP contribution in [0.25, 0.3) is 16.5 Å². The third-order valence-electron chi connectivity index (χ3n) is 8.11. The molecule has 4 aromatic rings. The molecule has 0 aromatic heterocycles. The van der Waals surface area contributed by atoms with E-state index in [0.29, 0.717) is 53.5 Å². The Bertz CT molecular complexity index is 1820. The van der Waals surface area contributed by atoms with Gasteiger partial charge in [0.2, 0.25) is 5.90 Å². The molecular weight excluding hydrogens is 622 g/mol. The van der Waals surface area contributed by atoms with E-state index in [2.05, 4.69) is 15.3 Å². The second-order valence-electron chi connectivity index (χ2n) is 11.2. The van der Waals surface area contributed by atoms with Crippen LogP contribution in [0.3, 0.4) is 0 Å². The minimum absolute atomic E-state index is 0.0391. The molecule has 11 nitrogen and oxygen atoms in total. The third-order valence-corrected chi connectivity index (χ3v) is 8.11. The lowest BCUT2D eigenvalue weighted by molar-refractivity contribution is -0.128. The van der Waals surface area contributed by atoms with Gasteiger partial charge in [-0.15, -0.1) is 0 Å². The molecule has 0 radical (unpaired) electrons. The second-order valence-corrected chi connectivity index (χ2v) is 11.2. The van der Waals surface area contributed by atoms with E-state index >= 15 is 0 Å². The van der Waals surface area contributed by atoms with E-state index in [1.54, 1.807) is 44.6 Å². The number of amides is 1. The third kappa shape index (κ3) is 8.39. The average Bonchev–Trinajstić information content (AvgIpc) is 3.53. The number of azide groups is 1. The average molecular weight is 662 g/mol. The van der Waals surface area contributed by atoms with Crippen molar-refractivity contribution in [3.8, 4) is 17.2 Å². The number of carbonyl (C=O) groups excluding carboxylic acids is 1. The lowest BCUT2D eigenvalue weighted by Crippen LogP contribution is -2.48. The first-order chi connectivity index (χ1) is 24.0. The molecule has 0 saturated heterocycles. The molecule has 4 aromatic carbocycles. The molecule has 49 heavy (non-hydrogen) atoms. The Balaban J connectivity index is 1.54. The van der Waals surface area contributed by atoms with E-state index in [0.717, 1.165) is 11.1 Å². The summed E-state index contributed by atoms with van der Waals surface area (Å²) in [7, 11) is 3.20. The van der Waals surface area contributed by atoms with Crippen molar-refractivity contribution in [1.29, 1.82) is 0 Å². The number of carbonyl (C=O) groups is 1. The van der Waals surface area contributed by atoms with Gasteiger partial charge in [0.25, 0.3) is 5.91 Å². The van der Waals surface area contributed by atoms with Gasteiger partial charge in [0.05, 0.1) is 20.8 Å². The van der Waals surface area contributed by atoms with Crippen molar-refractivity contribution < 1.29 is 28.8 Å². The normalized spacial score (nSPS) is 16.7. The first-order valence-corrected chi connectivity index (χ1v) is 16.0. The predicted octanol–water partition coefficient (Wildman–Crippen LogP) is 7.13. The monoisotopic (exact) mass is 661 g/mol. The zero-order valence-electron chi connectivity index (χ0n) is 27.5. The number of ether oxygens (including phenoxy) is 4. The van der Waals surface area contributed by atoms with Crippen molar-refractivity contribution in [2.45, 2.75) is 30.9 Å². The molecule has 0 unspecified atom stereocenters. The van der Waals surface area contributed by atoms with Gasteiger partial charge < -0.3 is 29.4 Å². The fourth-order valence-corrected chi connectivity index (χ4v) is 5.62. The van der Waals surface area contributed by atoms with Gasteiger partial charge in [-0.25, -0.2) is 4.99 Å². The molecule has 1 aliphatic heterocycles. The summed E-state index contributed by atoms with van der Waals surface area (Å²) >= 11 is 0. The summed E-state index contributed by atoms with van der Waals surface area (Å²) in [5.74, 6) is 1.91. The van der Waals surface area contributed by atoms with Crippen LogP contribution in [-0.4, -0.2) is 56.4 Å². The minimum Gasteiger partial charge on any atom is -0.497 e. The Hall–Kier alpha value is -5.77. The summed E-state index contributed by atoms with van der Waals surface area (Å²) in [4.78, 5) is 22.7. The Morgan fingerprint density at radius 1 is 1.02 bits per heavy atom. The van der Waals surface area contributed by atoms with E-state index in [1.807, 2.05) is 78.9 Å². The lowest BCUT2D eigenvalue weighted by Gasteiger charge is -2.30. The van der Waals surface area contributed by atoms with Crippen LogP contribution in [0.1, 0.15) is 41.2 Å². The summed E-state index contributed by atoms with van der Waals surface area (Å²) in [5, 5.41) is 16.1. The van der Waals surface area contributed by atoms with E-state index in [9.17, 15) is 10.3 Å². The highest BCUT2D eigenvalue weighted by atomic mass is 16.5. The lowest BCUT2D eigenvalue weighted by atomic mass is 9.83. The van der Waals surface area contributed by atoms with E-state index in [4.69, 9.17) is 29.0 Å². The molecule has 252 valence electrons. The molecule has 0 saturated carbocycles. The number of aliphatic imine (C=N–C) groups is 1. The van der Waals surface area contributed by atoms with Crippen LogP contribution in [-0.2, 0) is 16.0 Å². The van der Waals surface area contributed by atoms with Gasteiger partial charge >= 0.3 is 0 Å². The van der Waals surface area contributed by atoms with E-state index < -0.39 is 11.6 Å². The number of nitrogens with zero attached hydrogens (tertiary/aromatic N) is 4. The standard InChI is InChI=1S/C38H39N5O6/c1-46-31-19-20-34(47-2)29(26-31)21-23-40-37(45)38(22-8-12-27-10-4-3-5-11-27)35(32-13-6-7-14-33(32)42-43-39)49-36(41-38)28-15-17-30(18-16-28)48-25-9-24-44/h3-8,10-20,26,35,44H,9,21-25H2,1-2H3,(H,40,45)/b12-8+/t35-,38-/m1/s1. The first-order valence-electron chi connectivity index (χ1n) is 16.0. The van der Waals surface area contributed by atoms with Crippen molar-refractivity contribution in [3.05, 3.63) is 136 Å². The summed E-state index contributed by atoms with van der Waals surface area (Å²) in [6.07, 6.45) is 4.09. The summed E-state index contributed by atoms with van der Waals surface area (Å²) in [6, 6.07) is 29.6. The Kier molecular flexibility index (Phi) is 11.9. The van der Waals surface area contributed by atoms with Crippen LogP contribution in [0.5, 0.6) is 17.2 Å². The van der Waals surface area contributed by atoms with Gasteiger partial charge in [0.1, 0.15) is 17.2 Å². The largest absolute Gasteiger partial charge is 0.497 e. The summed E-state index contributed by atoms with van der Waals surface area (Å²) < 4.78 is 23.2. The number of hydrogen-bond acceptors (Lipinski definition) is 8. The number of aliphatic hydroxyl groups is 1. The Morgan fingerprint density at radius 3 is 2.51 bits per heavy atom. The molecular formula is C38H39N5O6. The van der Waals surface area contributed by atoms with Crippen LogP contribution >= 0.6 is 0 Å². The quantitative estimate of drug-likeness (QED) is 0.0565. The summed E-state index contributed by atoms with van der Waals surface area (Å²) in [5.41, 5.74) is 11.3.